The second-order valence-electron chi connectivity index (χ2n) is 5.63. The van der Waals surface area contributed by atoms with Crippen molar-refractivity contribution in [1.29, 1.82) is 5.26 Å². The first kappa shape index (κ1) is 19.5. The number of nitrogens with zero attached hydrogens (tertiary/aromatic N) is 2. The molecule has 0 aliphatic carbocycles. The lowest BCUT2D eigenvalue weighted by Crippen LogP contribution is -2.27. The number of carbonyl (C=O) groups is 2. The molecule has 0 unspecified atom stereocenters. The minimum absolute atomic E-state index is 0.0960. The third kappa shape index (κ3) is 4.17. The van der Waals surface area contributed by atoms with Crippen LogP contribution in [0.15, 0.2) is 65.1 Å². The molecule has 2 aromatic carbocycles. The first-order valence-electron chi connectivity index (χ1n) is 7.88. The predicted octanol–water partition coefficient (Wildman–Crippen LogP) is 4.38. The molecule has 1 amide bonds. The molecule has 1 aliphatic heterocycles. The first-order chi connectivity index (χ1) is 13.4. The Balaban J connectivity index is 1.88. The number of carboxylic acid groups (broad SMARTS) is 1. The number of carboxylic acids is 1. The molecule has 2 aromatic rings. The monoisotopic (exact) mass is 410 g/mol. The number of carbonyl (C=O) groups excluding carboxylic acids is 1. The smallest absolute Gasteiger partial charge is 0.335 e. The third-order valence-corrected chi connectivity index (χ3v) is 5.08. The van der Waals surface area contributed by atoms with Gasteiger partial charge in [-0.3, -0.25) is 9.69 Å². The van der Waals surface area contributed by atoms with Crippen molar-refractivity contribution in [3.05, 3.63) is 82.0 Å². The quantitative estimate of drug-likeness (QED) is 0.458. The third-order valence-electron chi connectivity index (χ3n) is 3.77. The van der Waals surface area contributed by atoms with Gasteiger partial charge in [0.1, 0.15) is 5.82 Å². The van der Waals surface area contributed by atoms with Gasteiger partial charge in [-0.2, -0.15) is 5.26 Å². The highest BCUT2D eigenvalue weighted by atomic mass is 32.2. The summed E-state index contributed by atoms with van der Waals surface area (Å²) in [7, 11) is 0. The lowest BCUT2D eigenvalue weighted by atomic mass is 10.1. The number of aromatic carboxylic acids is 1. The summed E-state index contributed by atoms with van der Waals surface area (Å²) in [4.78, 5) is 25.2. The van der Waals surface area contributed by atoms with Crippen molar-refractivity contribution in [2.75, 3.05) is 4.90 Å². The Morgan fingerprint density at radius 2 is 1.82 bits per heavy atom. The predicted molar refractivity (Wildman–Crippen MR) is 109 cm³/mol. The van der Waals surface area contributed by atoms with Gasteiger partial charge in [-0.25, -0.2) is 9.18 Å². The second kappa shape index (κ2) is 8.17. The number of benzene rings is 2. The van der Waals surface area contributed by atoms with E-state index in [9.17, 15) is 19.2 Å². The maximum absolute atomic E-state index is 13.0. The van der Waals surface area contributed by atoms with Crippen molar-refractivity contribution < 1.29 is 19.1 Å². The molecular weight excluding hydrogens is 399 g/mol. The summed E-state index contributed by atoms with van der Waals surface area (Å²) in [5.74, 6) is -1.86. The van der Waals surface area contributed by atoms with Crippen LogP contribution >= 0.6 is 24.0 Å². The number of allylic oxidation sites excluding steroid dienone is 2. The van der Waals surface area contributed by atoms with Gasteiger partial charge in [-0.05, 0) is 54.1 Å². The summed E-state index contributed by atoms with van der Waals surface area (Å²) in [5, 5.41) is 18.3. The summed E-state index contributed by atoms with van der Waals surface area (Å²) in [6.45, 7) is 0. The maximum Gasteiger partial charge on any atom is 0.335 e. The first-order valence-corrected chi connectivity index (χ1v) is 9.10. The zero-order valence-electron chi connectivity index (χ0n) is 14.1. The van der Waals surface area contributed by atoms with Crippen LogP contribution in [-0.4, -0.2) is 21.3 Å². The second-order valence-corrected chi connectivity index (χ2v) is 7.31. The lowest BCUT2D eigenvalue weighted by molar-refractivity contribution is -0.113. The van der Waals surface area contributed by atoms with Gasteiger partial charge in [-0.15, -0.1) is 0 Å². The van der Waals surface area contributed by atoms with Gasteiger partial charge < -0.3 is 5.11 Å². The normalized spacial score (nSPS) is 15.8. The van der Waals surface area contributed by atoms with E-state index in [-0.39, 0.29) is 26.2 Å². The van der Waals surface area contributed by atoms with Gasteiger partial charge in [0.2, 0.25) is 0 Å². The highest BCUT2D eigenvalue weighted by Crippen LogP contribution is 2.35. The van der Waals surface area contributed by atoms with Crippen molar-refractivity contribution in [1.82, 2.24) is 0 Å². The van der Waals surface area contributed by atoms with Gasteiger partial charge in [0, 0.05) is 0 Å². The molecule has 8 heteroatoms. The minimum Gasteiger partial charge on any atom is -0.478 e. The average molecular weight is 410 g/mol. The summed E-state index contributed by atoms with van der Waals surface area (Å²) in [6, 6.07) is 13.4. The molecule has 0 radical (unpaired) electrons. The molecule has 0 atom stereocenters. The molecule has 28 heavy (non-hydrogen) atoms. The molecule has 1 saturated heterocycles. The largest absolute Gasteiger partial charge is 0.478 e. The Morgan fingerprint density at radius 3 is 2.39 bits per heavy atom. The molecule has 3 rings (SSSR count). The summed E-state index contributed by atoms with van der Waals surface area (Å²) in [5.41, 5.74) is 1.37. The van der Waals surface area contributed by atoms with Gasteiger partial charge >= 0.3 is 5.97 Å². The Bertz CT molecular complexity index is 1070. The van der Waals surface area contributed by atoms with E-state index in [1.807, 2.05) is 6.07 Å². The van der Waals surface area contributed by atoms with Gasteiger partial charge in [-0.1, -0.05) is 36.1 Å². The number of thiocarbonyl (C=S) groups is 1. The topological polar surface area (TPSA) is 81.4 Å². The van der Waals surface area contributed by atoms with Crippen LogP contribution in [0.2, 0.25) is 0 Å². The Labute approximate surface area is 169 Å². The van der Waals surface area contributed by atoms with E-state index < -0.39 is 11.9 Å². The van der Waals surface area contributed by atoms with E-state index in [1.54, 1.807) is 0 Å². The Hall–Kier alpha value is -3.28. The number of rotatable bonds is 4. The van der Waals surface area contributed by atoms with Gasteiger partial charge in [0.05, 0.1) is 27.8 Å². The highest BCUT2D eigenvalue weighted by molar-refractivity contribution is 8.27. The van der Waals surface area contributed by atoms with Crippen molar-refractivity contribution in [2.45, 2.75) is 0 Å². The van der Waals surface area contributed by atoms with Crippen LogP contribution < -0.4 is 4.90 Å². The molecule has 0 bridgehead atoms. The Morgan fingerprint density at radius 1 is 1.18 bits per heavy atom. The zero-order valence-corrected chi connectivity index (χ0v) is 15.8. The van der Waals surface area contributed by atoms with Crippen molar-refractivity contribution in [3.63, 3.8) is 0 Å². The molecule has 0 saturated carbocycles. The van der Waals surface area contributed by atoms with Crippen LogP contribution in [0.4, 0.5) is 10.1 Å². The molecule has 0 aromatic heterocycles. The molecular formula is C20H11FN2O3S2. The van der Waals surface area contributed by atoms with Gasteiger partial charge in [0.15, 0.2) is 4.32 Å². The van der Waals surface area contributed by atoms with E-state index in [2.05, 4.69) is 0 Å². The van der Waals surface area contributed by atoms with Crippen molar-refractivity contribution in [2.24, 2.45) is 0 Å². The van der Waals surface area contributed by atoms with Gasteiger partial charge in [0.25, 0.3) is 5.91 Å². The van der Waals surface area contributed by atoms with E-state index in [0.29, 0.717) is 11.3 Å². The van der Waals surface area contributed by atoms with E-state index in [4.69, 9.17) is 17.3 Å². The number of hydrogen-bond donors (Lipinski definition) is 1. The molecule has 138 valence electrons. The van der Waals surface area contributed by atoms with Crippen LogP contribution in [0.5, 0.6) is 0 Å². The van der Waals surface area contributed by atoms with E-state index in [0.717, 1.165) is 11.8 Å². The van der Waals surface area contributed by atoms with Crippen LogP contribution in [0.25, 0.3) is 6.08 Å². The molecule has 1 heterocycles. The van der Waals surface area contributed by atoms with E-state index >= 15 is 0 Å². The SMILES string of the molecule is N#CC(=C\c1ccc(F)cc1)/C=C1\SC(=S)N(c2ccc(C(=O)O)cc2)C1=O. The summed E-state index contributed by atoms with van der Waals surface area (Å²) in [6.07, 6.45) is 2.96. The highest BCUT2D eigenvalue weighted by Gasteiger charge is 2.33. The molecule has 5 nitrogen and oxygen atoms in total. The number of anilines is 1. The number of halogens is 1. The average Bonchev–Trinajstić information content (AvgIpc) is 2.96. The maximum atomic E-state index is 13.0. The molecule has 1 aliphatic rings. The lowest BCUT2D eigenvalue weighted by Gasteiger charge is -2.14. The van der Waals surface area contributed by atoms with Crippen molar-refractivity contribution in [3.8, 4) is 6.07 Å². The number of nitriles is 1. The number of amides is 1. The fraction of sp³-hybridized carbons (Fsp3) is 0. The summed E-state index contributed by atoms with van der Waals surface area (Å²) < 4.78 is 13.3. The van der Waals surface area contributed by atoms with Crippen LogP contribution in [0.3, 0.4) is 0 Å². The minimum atomic E-state index is -1.07. The van der Waals surface area contributed by atoms with Crippen LogP contribution in [0.1, 0.15) is 15.9 Å². The Kier molecular flexibility index (Phi) is 5.68. The van der Waals surface area contributed by atoms with E-state index in [1.165, 1.54) is 65.6 Å². The van der Waals surface area contributed by atoms with Crippen molar-refractivity contribution >= 4 is 51.9 Å². The fourth-order valence-electron chi connectivity index (χ4n) is 2.43. The molecule has 1 fully saturated rings. The molecule has 0 spiro atoms. The van der Waals surface area contributed by atoms with Crippen LogP contribution in [0, 0.1) is 17.1 Å². The zero-order chi connectivity index (χ0) is 20.3. The summed E-state index contributed by atoms with van der Waals surface area (Å²) >= 11 is 6.31. The van der Waals surface area contributed by atoms with Crippen LogP contribution in [-0.2, 0) is 4.79 Å². The number of hydrogen-bond acceptors (Lipinski definition) is 5. The fourth-order valence-corrected chi connectivity index (χ4v) is 3.72. The molecule has 1 N–H and O–H groups in total. The standard InChI is InChI=1S/C20H11FN2O3S2/c21-15-5-1-12(2-6-15)9-13(11-22)10-17-18(24)23(20(27)28-17)16-7-3-14(4-8-16)19(25)26/h1-10H,(H,25,26)/b13-9-,17-10-. The number of thioether (sulfide) groups is 1.